The molecule has 2 fully saturated rings. The summed E-state index contributed by atoms with van der Waals surface area (Å²) in [5.41, 5.74) is 1.30. The summed E-state index contributed by atoms with van der Waals surface area (Å²) in [7, 11) is 0. The number of hydrogen-bond donors (Lipinski definition) is 0. The van der Waals surface area contributed by atoms with Gasteiger partial charge in [0.2, 0.25) is 5.88 Å². The number of ether oxygens (including phenoxy) is 1. The predicted octanol–water partition coefficient (Wildman–Crippen LogP) is 4.42. The molecule has 142 valence electrons. The molecule has 0 bridgehead atoms. The van der Waals surface area contributed by atoms with Crippen LogP contribution in [0.4, 0.5) is 0 Å². The van der Waals surface area contributed by atoms with Crippen LogP contribution in [0.25, 0.3) is 10.2 Å². The first-order valence-corrected chi connectivity index (χ1v) is 11.2. The van der Waals surface area contributed by atoms with E-state index in [1.807, 2.05) is 0 Å². The minimum absolute atomic E-state index is 0.258. The molecule has 2 aromatic rings. The number of likely N-dealkylation sites (tertiary alicyclic amines) is 1. The van der Waals surface area contributed by atoms with Crippen molar-refractivity contribution in [2.75, 3.05) is 13.1 Å². The van der Waals surface area contributed by atoms with E-state index >= 15 is 0 Å². The molecule has 3 aliphatic rings. The topological polar surface area (TPSA) is 62.0 Å². The minimum atomic E-state index is 0.258. The Hall–Kier alpha value is -1.71. The van der Waals surface area contributed by atoms with Crippen LogP contribution in [0.15, 0.2) is 6.33 Å². The predicted molar refractivity (Wildman–Crippen MR) is 106 cm³/mol. The van der Waals surface area contributed by atoms with Crippen LogP contribution in [-0.4, -0.2) is 40.1 Å². The third-order valence-corrected chi connectivity index (χ3v) is 7.79. The molecule has 0 unspecified atom stereocenters. The quantitative estimate of drug-likeness (QED) is 0.783. The number of aryl methyl sites for hydroxylation is 1. The first kappa shape index (κ1) is 17.4. The van der Waals surface area contributed by atoms with Crippen LogP contribution in [-0.2, 0) is 6.42 Å². The lowest BCUT2D eigenvalue weighted by Gasteiger charge is -2.34. The van der Waals surface area contributed by atoms with Crippen molar-refractivity contribution in [2.24, 2.45) is 0 Å². The number of thiophene rings is 1. The first-order chi connectivity index (χ1) is 13.3. The lowest BCUT2D eigenvalue weighted by atomic mass is 9.92. The van der Waals surface area contributed by atoms with Gasteiger partial charge in [-0.1, -0.05) is 0 Å². The smallest absolute Gasteiger partial charge is 0.225 e. The third kappa shape index (κ3) is 3.21. The second kappa shape index (κ2) is 7.37. The Labute approximate surface area is 164 Å². The van der Waals surface area contributed by atoms with Crippen LogP contribution in [0, 0.1) is 11.3 Å². The Morgan fingerprint density at radius 1 is 1.15 bits per heavy atom. The van der Waals surface area contributed by atoms with E-state index in [0.717, 1.165) is 47.8 Å². The average Bonchev–Trinajstić information content (AvgIpc) is 3.40. The van der Waals surface area contributed by atoms with Crippen molar-refractivity contribution < 1.29 is 4.74 Å². The Balaban J connectivity index is 1.35. The van der Waals surface area contributed by atoms with Crippen molar-refractivity contribution in [3.05, 3.63) is 16.8 Å². The fourth-order valence-corrected chi connectivity index (χ4v) is 6.47. The van der Waals surface area contributed by atoms with Crippen LogP contribution in [0.1, 0.15) is 67.7 Å². The molecule has 6 heteroatoms. The van der Waals surface area contributed by atoms with Crippen LogP contribution in [0.5, 0.6) is 5.88 Å². The molecule has 0 N–H and O–H groups in total. The summed E-state index contributed by atoms with van der Waals surface area (Å²) in [6, 6.07) is 3.11. The highest BCUT2D eigenvalue weighted by molar-refractivity contribution is 7.19. The lowest BCUT2D eigenvalue weighted by molar-refractivity contribution is 0.0978. The van der Waals surface area contributed by atoms with Gasteiger partial charge in [0.1, 0.15) is 17.3 Å². The van der Waals surface area contributed by atoms with Gasteiger partial charge in [-0.3, -0.25) is 0 Å². The van der Waals surface area contributed by atoms with E-state index in [2.05, 4.69) is 20.9 Å². The molecule has 2 aromatic heterocycles. The van der Waals surface area contributed by atoms with Gasteiger partial charge in [0, 0.05) is 17.3 Å². The highest BCUT2D eigenvalue weighted by Crippen LogP contribution is 2.47. The monoisotopic (exact) mass is 382 g/mol. The van der Waals surface area contributed by atoms with Gasteiger partial charge in [-0.15, -0.1) is 11.3 Å². The Bertz CT molecular complexity index is 859. The highest BCUT2D eigenvalue weighted by Gasteiger charge is 2.32. The Kier molecular flexibility index (Phi) is 4.75. The third-order valence-electron chi connectivity index (χ3n) is 6.61. The second-order valence-corrected chi connectivity index (χ2v) is 9.27. The summed E-state index contributed by atoms with van der Waals surface area (Å²) in [6.45, 7) is 2.56. The molecular weight excluding hydrogens is 356 g/mol. The molecule has 0 amide bonds. The lowest BCUT2D eigenvalue weighted by Crippen LogP contribution is -2.38. The zero-order valence-electron chi connectivity index (χ0n) is 15.7. The second-order valence-electron chi connectivity index (χ2n) is 8.19. The minimum Gasteiger partial charge on any atom is -0.474 e. The summed E-state index contributed by atoms with van der Waals surface area (Å²) in [6.07, 6.45) is 12.0. The van der Waals surface area contributed by atoms with Crippen LogP contribution in [0.2, 0.25) is 0 Å². The zero-order valence-corrected chi connectivity index (χ0v) is 16.5. The molecule has 27 heavy (non-hydrogen) atoms. The molecule has 1 saturated heterocycles. The fourth-order valence-electron chi connectivity index (χ4n) is 5.24. The summed E-state index contributed by atoms with van der Waals surface area (Å²) >= 11 is 1.76. The largest absolute Gasteiger partial charge is 0.474 e. The first-order valence-electron chi connectivity index (χ1n) is 10.4. The summed E-state index contributed by atoms with van der Waals surface area (Å²) in [4.78, 5) is 14.1. The van der Waals surface area contributed by atoms with Crippen molar-refractivity contribution in [1.82, 2.24) is 14.9 Å². The average molecular weight is 383 g/mol. The van der Waals surface area contributed by atoms with Crippen LogP contribution >= 0.6 is 11.3 Å². The van der Waals surface area contributed by atoms with E-state index < -0.39 is 0 Å². The van der Waals surface area contributed by atoms with Gasteiger partial charge < -0.3 is 9.64 Å². The molecule has 2 aliphatic carbocycles. The van der Waals surface area contributed by atoms with Gasteiger partial charge in [0.15, 0.2) is 0 Å². The SMILES string of the molecule is N#CC[C@H]1CCc2sc3ncnc(O[C@H]4CC[C@H](N5CCCC5)CC4)c3c21. The highest BCUT2D eigenvalue weighted by atomic mass is 32.1. The van der Waals surface area contributed by atoms with Crippen molar-refractivity contribution in [2.45, 2.75) is 75.9 Å². The van der Waals surface area contributed by atoms with E-state index in [1.165, 1.54) is 49.2 Å². The van der Waals surface area contributed by atoms with Crippen molar-refractivity contribution in [3.63, 3.8) is 0 Å². The van der Waals surface area contributed by atoms with E-state index in [9.17, 15) is 5.26 Å². The molecule has 3 heterocycles. The summed E-state index contributed by atoms with van der Waals surface area (Å²) in [5.74, 6) is 1.07. The zero-order chi connectivity index (χ0) is 18.2. The molecule has 5 nitrogen and oxygen atoms in total. The Morgan fingerprint density at radius 2 is 1.96 bits per heavy atom. The molecular formula is C21H26N4OS. The normalized spacial score (nSPS) is 28.3. The van der Waals surface area contributed by atoms with Gasteiger partial charge in [0.25, 0.3) is 0 Å². The number of aromatic nitrogens is 2. The van der Waals surface area contributed by atoms with Crippen molar-refractivity contribution >= 4 is 21.6 Å². The molecule has 1 aliphatic heterocycles. The van der Waals surface area contributed by atoms with Gasteiger partial charge in [-0.25, -0.2) is 9.97 Å². The molecule has 1 atom stereocenters. The van der Waals surface area contributed by atoms with E-state index in [0.29, 0.717) is 12.3 Å². The molecule has 5 rings (SSSR count). The number of rotatable bonds is 4. The summed E-state index contributed by atoms with van der Waals surface area (Å²) in [5, 5.41) is 10.3. The van der Waals surface area contributed by atoms with Crippen LogP contribution < -0.4 is 4.74 Å². The van der Waals surface area contributed by atoms with E-state index in [-0.39, 0.29) is 6.10 Å². The molecule has 1 saturated carbocycles. The maximum Gasteiger partial charge on any atom is 0.225 e. The van der Waals surface area contributed by atoms with Crippen LogP contribution in [0.3, 0.4) is 0 Å². The fraction of sp³-hybridized carbons (Fsp3) is 0.667. The van der Waals surface area contributed by atoms with Crippen molar-refractivity contribution in [1.29, 1.82) is 5.26 Å². The summed E-state index contributed by atoms with van der Waals surface area (Å²) < 4.78 is 6.44. The van der Waals surface area contributed by atoms with Gasteiger partial charge in [-0.2, -0.15) is 5.26 Å². The van der Waals surface area contributed by atoms with Gasteiger partial charge in [-0.05, 0) is 75.9 Å². The molecule has 0 radical (unpaired) electrons. The van der Waals surface area contributed by atoms with Crippen molar-refractivity contribution in [3.8, 4) is 11.9 Å². The van der Waals surface area contributed by atoms with E-state index in [4.69, 9.17) is 4.74 Å². The standard InChI is InChI=1S/C21H26N4OS/c22-10-9-14-3-8-17-18(14)19-20(23-13-24-21(19)27-17)26-16-6-4-15(5-7-16)25-11-1-2-12-25/h13-16H,1-9,11-12H2/t14-,15-,16-/m1/s1. The number of nitriles is 1. The number of fused-ring (bicyclic) bond motifs is 3. The maximum atomic E-state index is 9.19. The van der Waals surface area contributed by atoms with Gasteiger partial charge >= 0.3 is 0 Å². The number of nitrogens with zero attached hydrogens (tertiary/aromatic N) is 4. The number of hydrogen-bond acceptors (Lipinski definition) is 6. The molecule has 0 spiro atoms. The Morgan fingerprint density at radius 3 is 2.74 bits per heavy atom. The van der Waals surface area contributed by atoms with E-state index in [1.54, 1.807) is 17.7 Å². The maximum absolute atomic E-state index is 9.19. The van der Waals surface area contributed by atoms with Gasteiger partial charge in [0.05, 0.1) is 11.5 Å². The molecule has 0 aromatic carbocycles.